The molecule has 0 radical (unpaired) electrons. The first-order valence-electron chi connectivity index (χ1n) is 6.32. The molecule has 1 aliphatic rings. The molecule has 4 nitrogen and oxygen atoms in total. The lowest BCUT2D eigenvalue weighted by atomic mass is 9.96. The van der Waals surface area contributed by atoms with Crippen LogP contribution in [-0.2, 0) is 6.42 Å². The molecule has 1 fully saturated rings. The van der Waals surface area contributed by atoms with Crippen molar-refractivity contribution in [1.82, 2.24) is 14.8 Å². The SMILES string of the molecule is CC(C)n1ncnc1CC(N)C1CCCC1. The second kappa shape index (κ2) is 4.95. The predicted octanol–water partition coefficient (Wildman–Crippen LogP) is 1.92. The second-order valence-electron chi connectivity index (χ2n) is 5.13. The first-order chi connectivity index (χ1) is 7.68. The summed E-state index contributed by atoms with van der Waals surface area (Å²) in [4.78, 5) is 4.32. The Hall–Kier alpha value is -0.900. The molecule has 0 spiro atoms. The van der Waals surface area contributed by atoms with Crippen molar-refractivity contribution < 1.29 is 0 Å². The standard InChI is InChI=1S/C12H22N4/c1-9(2)16-12(14-8-15-16)7-11(13)10-5-3-4-6-10/h8-11H,3-7,13H2,1-2H3. The molecule has 90 valence electrons. The van der Waals surface area contributed by atoms with Crippen LogP contribution < -0.4 is 5.73 Å². The number of nitrogens with zero attached hydrogens (tertiary/aromatic N) is 3. The fourth-order valence-corrected chi connectivity index (χ4v) is 2.61. The van der Waals surface area contributed by atoms with Crippen molar-refractivity contribution in [2.24, 2.45) is 11.7 Å². The van der Waals surface area contributed by atoms with Crippen molar-refractivity contribution in [1.29, 1.82) is 0 Å². The molecule has 1 aromatic heterocycles. The van der Waals surface area contributed by atoms with Crippen LogP contribution in [0.25, 0.3) is 0 Å². The van der Waals surface area contributed by atoms with Gasteiger partial charge in [0, 0.05) is 18.5 Å². The van der Waals surface area contributed by atoms with E-state index in [1.807, 2.05) is 4.68 Å². The Morgan fingerprint density at radius 2 is 2.12 bits per heavy atom. The zero-order valence-corrected chi connectivity index (χ0v) is 10.3. The lowest BCUT2D eigenvalue weighted by molar-refractivity contribution is 0.406. The molecule has 1 aromatic rings. The van der Waals surface area contributed by atoms with E-state index >= 15 is 0 Å². The third kappa shape index (κ3) is 2.43. The molecule has 1 unspecified atom stereocenters. The van der Waals surface area contributed by atoms with Crippen LogP contribution in [0, 0.1) is 5.92 Å². The van der Waals surface area contributed by atoms with Crippen molar-refractivity contribution in [2.75, 3.05) is 0 Å². The van der Waals surface area contributed by atoms with Gasteiger partial charge in [0.2, 0.25) is 0 Å². The Bertz CT molecular complexity index is 326. The molecule has 2 N–H and O–H groups in total. The monoisotopic (exact) mass is 222 g/mol. The van der Waals surface area contributed by atoms with Crippen LogP contribution in [0.15, 0.2) is 6.33 Å². The van der Waals surface area contributed by atoms with Gasteiger partial charge in [-0.15, -0.1) is 0 Å². The average Bonchev–Trinajstić information content (AvgIpc) is 2.86. The fraction of sp³-hybridized carbons (Fsp3) is 0.833. The minimum absolute atomic E-state index is 0.254. The summed E-state index contributed by atoms with van der Waals surface area (Å²) in [7, 11) is 0. The molecule has 0 saturated heterocycles. The maximum atomic E-state index is 6.26. The maximum absolute atomic E-state index is 6.26. The molecular weight excluding hydrogens is 200 g/mol. The van der Waals surface area contributed by atoms with E-state index in [-0.39, 0.29) is 6.04 Å². The van der Waals surface area contributed by atoms with E-state index in [1.54, 1.807) is 6.33 Å². The van der Waals surface area contributed by atoms with Gasteiger partial charge in [0.15, 0.2) is 0 Å². The van der Waals surface area contributed by atoms with Gasteiger partial charge in [-0.25, -0.2) is 9.67 Å². The van der Waals surface area contributed by atoms with Gasteiger partial charge in [0.05, 0.1) is 0 Å². The van der Waals surface area contributed by atoms with E-state index in [0.717, 1.165) is 12.2 Å². The molecule has 4 heteroatoms. The van der Waals surface area contributed by atoms with Crippen molar-refractivity contribution in [3.63, 3.8) is 0 Å². The van der Waals surface area contributed by atoms with E-state index in [0.29, 0.717) is 12.0 Å². The molecule has 0 aliphatic heterocycles. The van der Waals surface area contributed by atoms with Crippen molar-refractivity contribution in [3.8, 4) is 0 Å². The zero-order chi connectivity index (χ0) is 11.5. The first kappa shape index (κ1) is 11.6. The number of hydrogen-bond donors (Lipinski definition) is 1. The fourth-order valence-electron chi connectivity index (χ4n) is 2.61. The number of nitrogens with two attached hydrogens (primary N) is 1. The summed E-state index contributed by atoms with van der Waals surface area (Å²) in [5.74, 6) is 1.73. The van der Waals surface area contributed by atoms with Gasteiger partial charge >= 0.3 is 0 Å². The van der Waals surface area contributed by atoms with Crippen LogP contribution >= 0.6 is 0 Å². The van der Waals surface area contributed by atoms with Crippen molar-refractivity contribution in [2.45, 2.75) is 58.0 Å². The molecule has 1 saturated carbocycles. The van der Waals surface area contributed by atoms with Crippen LogP contribution in [0.5, 0.6) is 0 Å². The summed E-state index contributed by atoms with van der Waals surface area (Å²) in [5.41, 5.74) is 6.26. The highest BCUT2D eigenvalue weighted by molar-refractivity contribution is 4.93. The highest BCUT2D eigenvalue weighted by Gasteiger charge is 2.23. The van der Waals surface area contributed by atoms with Crippen molar-refractivity contribution >= 4 is 0 Å². The minimum Gasteiger partial charge on any atom is -0.327 e. The number of hydrogen-bond acceptors (Lipinski definition) is 3. The van der Waals surface area contributed by atoms with Crippen LogP contribution in [0.3, 0.4) is 0 Å². The van der Waals surface area contributed by atoms with Gasteiger partial charge in [-0.05, 0) is 32.6 Å². The smallest absolute Gasteiger partial charge is 0.138 e. The Morgan fingerprint density at radius 1 is 1.44 bits per heavy atom. The maximum Gasteiger partial charge on any atom is 0.138 e. The zero-order valence-electron chi connectivity index (χ0n) is 10.3. The van der Waals surface area contributed by atoms with Crippen LogP contribution in [0.2, 0.25) is 0 Å². The van der Waals surface area contributed by atoms with Gasteiger partial charge in [0.1, 0.15) is 12.2 Å². The summed E-state index contributed by atoms with van der Waals surface area (Å²) in [5, 5.41) is 4.25. The lowest BCUT2D eigenvalue weighted by Gasteiger charge is -2.19. The van der Waals surface area contributed by atoms with E-state index in [2.05, 4.69) is 23.9 Å². The van der Waals surface area contributed by atoms with Gasteiger partial charge in [0.25, 0.3) is 0 Å². The Kier molecular flexibility index (Phi) is 3.59. The second-order valence-corrected chi connectivity index (χ2v) is 5.13. The van der Waals surface area contributed by atoms with E-state index in [4.69, 9.17) is 5.73 Å². The largest absolute Gasteiger partial charge is 0.327 e. The first-order valence-corrected chi connectivity index (χ1v) is 6.32. The Balaban J connectivity index is 1.99. The van der Waals surface area contributed by atoms with E-state index in [9.17, 15) is 0 Å². The molecule has 1 heterocycles. The summed E-state index contributed by atoms with van der Waals surface area (Å²) in [6, 6.07) is 0.623. The van der Waals surface area contributed by atoms with Crippen LogP contribution in [-0.4, -0.2) is 20.8 Å². The van der Waals surface area contributed by atoms with Gasteiger partial charge in [-0.2, -0.15) is 5.10 Å². The normalized spacial score (nSPS) is 19.5. The highest BCUT2D eigenvalue weighted by Crippen LogP contribution is 2.28. The van der Waals surface area contributed by atoms with Crippen molar-refractivity contribution in [3.05, 3.63) is 12.2 Å². The minimum atomic E-state index is 0.254. The molecular formula is C12H22N4. The van der Waals surface area contributed by atoms with Gasteiger partial charge in [-0.3, -0.25) is 0 Å². The molecule has 1 aliphatic carbocycles. The lowest BCUT2D eigenvalue weighted by Crippen LogP contribution is -2.32. The Morgan fingerprint density at radius 3 is 2.75 bits per heavy atom. The summed E-state index contributed by atoms with van der Waals surface area (Å²) in [6.45, 7) is 4.25. The predicted molar refractivity (Wildman–Crippen MR) is 64.0 cm³/mol. The van der Waals surface area contributed by atoms with Crippen LogP contribution in [0.4, 0.5) is 0 Å². The van der Waals surface area contributed by atoms with Gasteiger partial charge < -0.3 is 5.73 Å². The number of rotatable bonds is 4. The molecule has 1 atom stereocenters. The molecule has 2 rings (SSSR count). The average molecular weight is 222 g/mol. The number of aromatic nitrogens is 3. The summed E-state index contributed by atoms with van der Waals surface area (Å²) < 4.78 is 1.98. The topological polar surface area (TPSA) is 56.7 Å². The van der Waals surface area contributed by atoms with Crippen LogP contribution in [0.1, 0.15) is 51.4 Å². The molecule has 0 amide bonds. The molecule has 0 bridgehead atoms. The summed E-state index contributed by atoms with van der Waals surface area (Å²) >= 11 is 0. The quantitative estimate of drug-likeness (QED) is 0.846. The third-order valence-corrected chi connectivity index (χ3v) is 3.56. The van der Waals surface area contributed by atoms with E-state index < -0.39 is 0 Å². The molecule has 0 aromatic carbocycles. The highest BCUT2D eigenvalue weighted by atomic mass is 15.3. The van der Waals surface area contributed by atoms with Gasteiger partial charge in [-0.1, -0.05) is 12.8 Å². The summed E-state index contributed by atoms with van der Waals surface area (Å²) in [6.07, 6.45) is 7.76. The molecule has 16 heavy (non-hydrogen) atoms. The third-order valence-electron chi connectivity index (χ3n) is 3.56. The van der Waals surface area contributed by atoms with E-state index in [1.165, 1.54) is 25.7 Å². The Labute approximate surface area is 97.2 Å².